The van der Waals surface area contributed by atoms with Crippen molar-refractivity contribution < 1.29 is 0 Å². The molecule has 2 aromatic rings. The van der Waals surface area contributed by atoms with E-state index in [9.17, 15) is 0 Å². The first-order valence-corrected chi connectivity index (χ1v) is 8.70. The van der Waals surface area contributed by atoms with Crippen LogP contribution < -0.4 is 0 Å². The van der Waals surface area contributed by atoms with Crippen LogP contribution in [-0.2, 0) is 6.54 Å². The van der Waals surface area contributed by atoms with Crippen molar-refractivity contribution in [1.29, 1.82) is 0 Å². The van der Waals surface area contributed by atoms with Gasteiger partial charge in [0.2, 0.25) is 0 Å². The average molecular weight is 313 g/mol. The van der Waals surface area contributed by atoms with Crippen LogP contribution in [0.1, 0.15) is 22.9 Å². The summed E-state index contributed by atoms with van der Waals surface area (Å²) in [5.41, 5.74) is 3.85. The minimum atomic E-state index is 1.01. The monoisotopic (exact) mass is 313 g/mol. The molecule has 3 nitrogen and oxygen atoms in total. The normalized spacial score (nSPS) is 17.0. The highest BCUT2D eigenvalue weighted by Gasteiger charge is 2.16. The Morgan fingerprint density at radius 3 is 2.45 bits per heavy atom. The molecule has 22 heavy (non-hydrogen) atoms. The molecule has 1 aliphatic heterocycles. The minimum Gasteiger partial charge on any atom is -0.295 e. The Bertz CT molecular complexity index is 608. The number of piperazine rings is 1. The van der Waals surface area contributed by atoms with E-state index < -0.39 is 0 Å². The summed E-state index contributed by atoms with van der Waals surface area (Å²) in [5, 5.41) is 9.08. The molecule has 116 valence electrons. The average Bonchev–Trinajstić information content (AvgIpc) is 3.06. The van der Waals surface area contributed by atoms with Gasteiger partial charge in [0.05, 0.1) is 5.71 Å². The fourth-order valence-electron chi connectivity index (χ4n) is 2.69. The Labute approximate surface area is 136 Å². The van der Waals surface area contributed by atoms with Crippen molar-refractivity contribution in [3.63, 3.8) is 0 Å². The molecule has 0 bridgehead atoms. The first kappa shape index (κ1) is 15.3. The highest BCUT2D eigenvalue weighted by atomic mass is 32.1. The van der Waals surface area contributed by atoms with E-state index >= 15 is 0 Å². The molecule has 1 fully saturated rings. The minimum absolute atomic E-state index is 1.01. The van der Waals surface area contributed by atoms with Gasteiger partial charge in [0.1, 0.15) is 0 Å². The molecule has 3 rings (SSSR count). The maximum absolute atomic E-state index is 4.77. The zero-order valence-corrected chi connectivity index (χ0v) is 14.1. The molecular formula is C18H23N3S. The van der Waals surface area contributed by atoms with Crippen LogP contribution >= 0.6 is 11.3 Å². The van der Waals surface area contributed by atoms with Gasteiger partial charge in [-0.2, -0.15) is 5.10 Å². The van der Waals surface area contributed by atoms with Gasteiger partial charge in [0, 0.05) is 37.6 Å². The zero-order valence-electron chi connectivity index (χ0n) is 13.3. The van der Waals surface area contributed by atoms with Crippen LogP contribution in [0.4, 0.5) is 0 Å². The van der Waals surface area contributed by atoms with E-state index in [1.165, 1.54) is 16.0 Å². The molecule has 4 heteroatoms. The number of benzene rings is 1. The van der Waals surface area contributed by atoms with Crippen molar-refractivity contribution in [2.75, 3.05) is 26.2 Å². The highest BCUT2D eigenvalue weighted by molar-refractivity contribution is 7.12. The van der Waals surface area contributed by atoms with Crippen molar-refractivity contribution in [2.45, 2.75) is 20.4 Å². The Morgan fingerprint density at radius 1 is 1.09 bits per heavy atom. The van der Waals surface area contributed by atoms with Gasteiger partial charge in [-0.3, -0.25) is 9.91 Å². The van der Waals surface area contributed by atoms with Crippen LogP contribution in [0.5, 0.6) is 0 Å². The number of hydrogen-bond donors (Lipinski definition) is 0. The summed E-state index contributed by atoms with van der Waals surface area (Å²) in [6.45, 7) is 9.45. The molecule has 0 atom stereocenters. The summed E-state index contributed by atoms with van der Waals surface area (Å²) >= 11 is 1.76. The molecule has 1 saturated heterocycles. The zero-order chi connectivity index (χ0) is 15.4. The summed E-state index contributed by atoms with van der Waals surface area (Å²) in [6, 6.07) is 13.1. The van der Waals surface area contributed by atoms with Gasteiger partial charge in [0.25, 0.3) is 0 Å². The SMILES string of the molecule is C/C(=N\N1CCN(Cc2ccc(C)cc2)CC1)c1cccs1. The second-order valence-electron chi connectivity index (χ2n) is 5.88. The lowest BCUT2D eigenvalue weighted by Gasteiger charge is -2.33. The standard InChI is InChI=1S/C18H23N3S/c1-15-5-7-17(8-6-15)14-20-9-11-21(12-10-20)19-16(2)18-4-3-13-22-18/h3-8,13H,9-12,14H2,1-2H3/b19-16+. The topological polar surface area (TPSA) is 18.8 Å². The fourth-order valence-corrected chi connectivity index (χ4v) is 3.37. The number of hydrogen-bond acceptors (Lipinski definition) is 4. The van der Waals surface area contributed by atoms with Crippen LogP contribution in [0.15, 0.2) is 46.9 Å². The van der Waals surface area contributed by atoms with Crippen LogP contribution in [-0.4, -0.2) is 41.8 Å². The Morgan fingerprint density at radius 2 is 1.82 bits per heavy atom. The molecule has 1 aliphatic rings. The van der Waals surface area contributed by atoms with Crippen LogP contribution in [0.2, 0.25) is 0 Å². The molecule has 0 N–H and O–H groups in total. The molecular weight excluding hydrogens is 290 g/mol. The Hall–Kier alpha value is -1.65. The van der Waals surface area contributed by atoms with Gasteiger partial charge in [-0.25, -0.2) is 0 Å². The molecule has 0 spiro atoms. The third kappa shape index (κ3) is 3.96. The van der Waals surface area contributed by atoms with E-state index in [-0.39, 0.29) is 0 Å². The largest absolute Gasteiger partial charge is 0.295 e. The predicted octanol–water partition coefficient (Wildman–Crippen LogP) is 3.60. The molecule has 0 saturated carbocycles. The number of aryl methyl sites for hydroxylation is 1. The number of hydrazone groups is 1. The second kappa shape index (κ2) is 7.07. The molecule has 1 aromatic carbocycles. The Balaban J connectivity index is 1.52. The van der Waals surface area contributed by atoms with E-state index in [0.717, 1.165) is 38.4 Å². The first-order valence-electron chi connectivity index (χ1n) is 7.82. The number of thiophene rings is 1. The van der Waals surface area contributed by atoms with E-state index in [1.807, 2.05) is 0 Å². The molecule has 0 unspecified atom stereocenters. The molecule has 0 aliphatic carbocycles. The predicted molar refractivity (Wildman–Crippen MR) is 94.6 cm³/mol. The van der Waals surface area contributed by atoms with Crippen molar-refractivity contribution in [2.24, 2.45) is 5.10 Å². The van der Waals surface area contributed by atoms with Crippen LogP contribution in [0.25, 0.3) is 0 Å². The second-order valence-corrected chi connectivity index (χ2v) is 6.83. The number of nitrogens with zero attached hydrogens (tertiary/aromatic N) is 3. The van der Waals surface area contributed by atoms with Gasteiger partial charge in [-0.15, -0.1) is 11.3 Å². The van der Waals surface area contributed by atoms with Gasteiger partial charge >= 0.3 is 0 Å². The third-order valence-electron chi connectivity index (χ3n) is 4.04. The lowest BCUT2D eigenvalue weighted by Crippen LogP contribution is -2.43. The summed E-state index contributed by atoms with van der Waals surface area (Å²) in [5.74, 6) is 0. The van der Waals surface area contributed by atoms with Crippen LogP contribution in [0, 0.1) is 6.92 Å². The van der Waals surface area contributed by atoms with Gasteiger partial charge in [0.15, 0.2) is 0 Å². The lowest BCUT2D eigenvalue weighted by atomic mass is 10.1. The van der Waals surface area contributed by atoms with Gasteiger partial charge in [-0.1, -0.05) is 35.9 Å². The summed E-state index contributed by atoms with van der Waals surface area (Å²) < 4.78 is 0. The maximum atomic E-state index is 4.77. The quantitative estimate of drug-likeness (QED) is 0.803. The molecule has 0 radical (unpaired) electrons. The smallest absolute Gasteiger partial charge is 0.0746 e. The van der Waals surface area contributed by atoms with Crippen molar-refractivity contribution in [3.8, 4) is 0 Å². The summed E-state index contributed by atoms with van der Waals surface area (Å²) in [6.07, 6.45) is 0. The van der Waals surface area contributed by atoms with Crippen LogP contribution in [0.3, 0.4) is 0 Å². The molecule has 0 amide bonds. The van der Waals surface area contributed by atoms with E-state index in [1.54, 1.807) is 11.3 Å². The van der Waals surface area contributed by atoms with Crippen molar-refractivity contribution in [1.82, 2.24) is 9.91 Å². The van der Waals surface area contributed by atoms with E-state index in [0.29, 0.717) is 0 Å². The molecule has 1 aromatic heterocycles. The van der Waals surface area contributed by atoms with Gasteiger partial charge in [-0.05, 0) is 30.9 Å². The Kier molecular flexibility index (Phi) is 4.90. The van der Waals surface area contributed by atoms with Crippen molar-refractivity contribution in [3.05, 3.63) is 57.8 Å². The van der Waals surface area contributed by atoms with E-state index in [4.69, 9.17) is 5.10 Å². The summed E-state index contributed by atoms with van der Waals surface area (Å²) in [7, 11) is 0. The first-order chi connectivity index (χ1) is 10.7. The third-order valence-corrected chi connectivity index (χ3v) is 5.02. The maximum Gasteiger partial charge on any atom is 0.0746 e. The van der Waals surface area contributed by atoms with E-state index in [2.05, 4.69) is 65.5 Å². The van der Waals surface area contributed by atoms with Crippen molar-refractivity contribution >= 4 is 17.0 Å². The molecule has 2 heterocycles. The lowest BCUT2D eigenvalue weighted by molar-refractivity contribution is 0.130. The van der Waals surface area contributed by atoms with Gasteiger partial charge < -0.3 is 0 Å². The number of rotatable bonds is 4. The fraction of sp³-hybridized carbons (Fsp3) is 0.389. The summed E-state index contributed by atoms with van der Waals surface area (Å²) in [4.78, 5) is 3.78. The highest BCUT2D eigenvalue weighted by Crippen LogP contribution is 2.13.